The van der Waals surface area contributed by atoms with Gasteiger partial charge in [0.2, 0.25) is 5.91 Å². The first-order valence-corrected chi connectivity index (χ1v) is 10.4. The third-order valence-corrected chi connectivity index (χ3v) is 5.91. The lowest BCUT2D eigenvalue weighted by molar-refractivity contribution is -0.137. The number of rotatable bonds is 4. The fourth-order valence-corrected chi connectivity index (χ4v) is 4.25. The Balaban J connectivity index is 1.49. The maximum absolute atomic E-state index is 13.0. The molecule has 0 radical (unpaired) electrons. The Hall–Kier alpha value is -2.81. The number of halogens is 3. The second-order valence-corrected chi connectivity index (χ2v) is 8.04. The first-order valence-electron chi connectivity index (χ1n) is 9.43. The molecule has 2 heterocycles. The highest BCUT2D eigenvalue weighted by Gasteiger charge is 2.32. The molecule has 0 saturated carbocycles. The highest BCUT2D eigenvalue weighted by Crippen LogP contribution is 2.35. The van der Waals surface area contributed by atoms with Gasteiger partial charge in [0.1, 0.15) is 6.33 Å². The first-order chi connectivity index (χ1) is 14.3. The molecular formula is C21H19F3N4OS. The van der Waals surface area contributed by atoms with Crippen molar-refractivity contribution < 1.29 is 18.0 Å². The van der Waals surface area contributed by atoms with E-state index in [-0.39, 0.29) is 11.7 Å². The minimum absolute atomic E-state index is 0.116. The van der Waals surface area contributed by atoms with Crippen LogP contribution in [0.25, 0.3) is 5.69 Å². The molecule has 1 aromatic heterocycles. The summed E-state index contributed by atoms with van der Waals surface area (Å²) < 4.78 is 40.8. The van der Waals surface area contributed by atoms with E-state index in [1.165, 1.54) is 17.8 Å². The summed E-state index contributed by atoms with van der Waals surface area (Å²) >= 11 is 1.25. The molecule has 0 fully saturated rings. The topological polar surface area (TPSA) is 51.0 Å². The summed E-state index contributed by atoms with van der Waals surface area (Å²) in [5, 5.41) is 8.62. The van der Waals surface area contributed by atoms with Gasteiger partial charge in [-0.1, -0.05) is 29.5 Å². The lowest BCUT2D eigenvalue weighted by atomic mass is 9.99. The number of fused-ring (bicyclic) bond motifs is 1. The minimum Gasteiger partial charge on any atom is -0.311 e. The monoisotopic (exact) mass is 432 g/mol. The van der Waals surface area contributed by atoms with Crippen molar-refractivity contribution in [2.24, 2.45) is 0 Å². The number of amides is 1. The largest absolute Gasteiger partial charge is 0.416 e. The lowest BCUT2D eigenvalue weighted by Crippen LogP contribution is -2.36. The fourth-order valence-electron chi connectivity index (χ4n) is 3.44. The number of benzene rings is 2. The molecule has 1 aliphatic rings. The van der Waals surface area contributed by atoms with Crippen molar-refractivity contribution in [3.8, 4) is 5.69 Å². The zero-order chi connectivity index (χ0) is 21.3. The normalized spacial score (nSPS) is 13.9. The van der Waals surface area contributed by atoms with Crippen LogP contribution >= 0.6 is 11.8 Å². The van der Waals surface area contributed by atoms with Crippen molar-refractivity contribution in [2.75, 3.05) is 17.2 Å². The van der Waals surface area contributed by atoms with Crippen molar-refractivity contribution in [1.29, 1.82) is 0 Å². The maximum Gasteiger partial charge on any atom is 0.416 e. The van der Waals surface area contributed by atoms with Crippen LogP contribution in [-0.2, 0) is 17.4 Å². The van der Waals surface area contributed by atoms with Gasteiger partial charge in [0, 0.05) is 17.9 Å². The van der Waals surface area contributed by atoms with E-state index < -0.39 is 11.7 Å². The fraction of sp³-hybridized carbons (Fsp3) is 0.286. The van der Waals surface area contributed by atoms with E-state index >= 15 is 0 Å². The second-order valence-electron chi connectivity index (χ2n) is 7.10. The zero-order valence-electron chi connectivity index (χ0n) is 16.2. The average Bonchev–Trinajstić information content (AvgIpc) is 3.19. The van der Waals surface area contributed by atoms with Crippen molar-refractivity contribution in [1.82, 2.24) is 14.8 Å². The molecule has 0 atom stereocenters. The molecule has 1 aliphatic heterocycles. The minimum atomic E-state index is -4.39. The van der Waals surface area contributed by atoms with Crippen LogP contribution in [0.15, 0.2) is 53.9 Å². The molecule has 2 aromatic carbocycles. The second kappa shape index (κ2) is 8.14. The standard InChI is InChI=1S/C21H19F3N4OS/c1-14-4-7-17(8-5-14)28-13-25-26-20(28)30-12-19(29)27-10-2-3-15-11-16(21(22,23)24)6-9-18(15)27/h4-9,11,13H,2-3,10,12H2,1H3. The molecule has 9 heteroatoms. The maximum atomic E-state index is 13.0. The zero-order valence-corrected chi connectivity index (χ0v) is 17.0. The van der Waals surface area contributed by atoms with Gasteiger partial charge < -0.3 is 4.90 Å². The number of aryl methyl sites for hydroxylation is 2. The van der Waals surface area contributed by atoms with Gasteiger partial charge >= 0.3 is 6.18 Å². The van der Waals surface area contributed by atoms with Gasteiger partial charge in [0.05, 0.1) is 11.3 Å². The number of nitrogens with zero attached hydrogens (tertiary/aromatic N) is 4. The van der Waals surface area contributed by atoms with Crippen LogP contribution in [0, 0.1) is 6.92 Å². The third-order valence-electron chi connectivity index (χ3n) is 4.98. The number of hydrogen-bond donors (Lipinski definition) is 0. The van der Waals surface area contributed by atoms with E-state index in [0.717, 1.165) is 23.4 Å². The molecule has 156 valence electrons. The molecule has 5 nitrogen and oxygen atoms in total. The van der Waals surface area contributed by atoms with Gasteiger partial charge in [-0.05, 0) is 55.7 Å². The van der Waals surface area contributed by atoms with E-state index in [1.807, 2.05) is 31.2 Å². The SMILES string of the molecule is Cc1ccc(-n2cnnc2SCC(=O)N2CCCc3cc(C(F)(F)F)ccc32)cc1. The molecule has 30 heavy (non-hydrogen) atoms. The molecule has 1 amide bonds. The van der Waals surface area contributed by atoms with Gasteiger partial charge in [0.25, 0.3) is 0 Å². The molecule has 0 spiro atoms. The molecular weight excluding hydrogens is 413 g/mol. The smallest absolute Gasteiger partial charge is 0.311 e. The van der Waals surface area contributed by atoms with Gasteiger partial charge in [0.15, 0.2) is 5.16 Å². The van der Waals surface area contributed by atoms with Crippen LogP contribution < -0.4 is 4.90 Å². The van der Waals surface area contributed by atoms with E-state index in [1.54, 1.807) is 15.8 Å². The average molecular weight is 432 g/mol. The van der Waals surface area contributed by atoms with Crippen LogP contribution in [0.1, 0.15) is 23.1 Å². The molecule has 4 rings (SSSR count). The van der Waals surface area contributed by atoms with Crippen LogP contribution in [0.2, 0.25) is 0 Å². The predicted octanol–water partition coefficient (Wildman–Crippen LogP) is 4.67. The van der Waals surface area contributed by atoms with Gasteiger partial charge in [-0.2, -0.15) is 13.2 Å². The summed E-state index contributed by atoms with van der Waals surface area (Å²) in [5.41, 5.74) is 2.45. The number of hydrogen-bond acceptors (Lipinski definition) is 4. The van der Waals surface area contributed by atoms with Gasteiger partial charge in [-0.3, -0.25) is 9.36 Å². The highest BCUT2D eigenvalue weighted by molar-refractivity contribution is 7.99. The highest BCUT2D eigenvalue weighted by atomic mass is 32.2. The van der Waals surface area contributed by atoms with E-state index in [0.29, 0.717) is 35.8 Å². The molecule has 3 aromatic rings. The van der Waals surface area contributed by atoms with Crippen molar-refractivity contribution in [3.05, 3.63) is 65.5 Å². The van der Waals surface area contributed by atoms with Crippen molar-refractivity contribution in [2.45, 2.75) is 31.1 Å². The molecule has 0 N–H and O–H groups in total. The Bertz CT molecular complexity index is 1060. The van der Waals surface area contributed by atoms with Crippen LogP contribution in [-0.4, -0.2) is 33.0 Å². The number of alkyl halides is 3. The molecule has 0 unspecified atom stereocenters. The van der Waals surface area contributed by atoms with Gasteiger partial charge in [-0.25, -0.2) is 0 Å². The molecule has 0 bridgehead atoms. The molecule has 0 aliphatic carbocycles. The van der Waals surface area contributed by atoms with Gasteiger partial charge in [-0.15, -0.1) is 10.2 Å². The summed E-state index contributed by atoms with van der Waals surface area (Å²) in [6, 6.07) is 11.4. The summed E-state index contributed by atoms with van der Waals surface area (Å²) in [7, 11) is 0. The predicted molar refractivity (Wildman–Crippen MR) is 109 cm³/mol. The Kier molecular flexibility index (Phi) is 5.55. The number of anilines is 1. The number of aromatic nitrogens is 3. The Morgan fingerprint density at radius 3 is 2.67 bits per heavy atom. The summed E-state index contributed by atoms with van der Waals surface area (Å²) in [5.74, 6) is -0.0514. The van der Waals surface area contributed by atoms with E-state index in [4.69, 9.17) is 0 Å². The summed E-state index contributed by atoms with van der Waals surface area (Å²) in [6.45, 7) is 2.49. The summed E-state index contributed by atoms with van der Waals surface area (Å²) in [4.78, 5) is 14.4. The number of thioether (sulfide) groups is 1. The van der Waals surface area contributed by atoms with Crippen molar-refractivity contribution in [3.63, 3.8) is 0 Å². The molecule has 0 saturated heterocycles. The van der Waals surface area contributed by atoms with Crippen LogP contribution in [0.3, 0.4) is 0 Å². The number of carbonyl (C=O) groups excluding carboxylic acids is 1. The van der Waals surface area contributed by atoms with Crippen LogP contribution in [0.4, 0.5) is 18.9 Å². The Morgan fingerprint density at radius 1 is 1.17 bits per heavy atom. The van der Waals surface area contributed by atoms with E-state index in [9.17, 15) is 18.0 Å². The van der Waals surface area contributed by atoms with Crippen LogP contribution in [0.5, 0.6) is 0 Å². The Morgan fingerprint density at radius 2 is 1.93 bits per heavy atom. The lowest BCUT2D eigenvalue weighted by Gasteiger charge is -2.30. The van der Waals surface area contributed by atoms with Crippen molar-refractivity contribution >= 4 is 23.4 Å². The quantitative estimate of drug-likeness (QED) is 0.563. The van der Waals surface area contributed by atoms with E-state index in [2.05, 4.69) is 10.2 Å². The first kappa shape index (κ1) is 20.5. The Labute approximate surface area is 175 Å². The number of carbonyl (C=O) groups is 1. The summed E-state index contributed by atoms with van der Waals surface area (Å²) in [6.07, 6.45) is -1.65. The third kappa shape index (κ3) is 4.21.